The molecule has 15 heteroatoms. The Kier molecular flexibility index (Phi) is 7.23. The van der Waals surface area contributed by atoms with Gasteiger partial charge in [-0.05, 0) is 86.6 Å². The summed E-state index contributed by atoms with van der Waals surface area (Å²) in [6.07, 6.45) is 3.41. The minimum Gasteiger partial charge on any atom is -0.291 e. The summed E-state index contributed by atoms with van der Waals surface area (Å²) in [5.41, 5.74) is 0.278. The van der Waals surface area contributed by atoms with Crippen molar-refractivity contribution in [3.8, 4) is 5.69 Å². The van der Waals surface area contributed by atoms with Crippen LogP contribution in [0.4, 0.5) is 17.6 Å². The number of nitrogens with zero attached hydrogens (tertiary/aromatic N) is 7. The van der Waals surface area contributed by atoms with Crippen LogP contribution in [0.2, 0.25) is 0 Å². The highest BCUT2D eigenvalue weighted by Crippen LogP contribution is 2.51. The van der Waals surface area contributed by atoms with Crippen LogP contribution in [-0.2, 0) is 22.6 Å². The second kappa shape index (κ2) is 10.9. The normalized spacial score (nSPS) is 21.5. The second-order valence-electron chi connectivity index (χ2n) is 12.0. The van der Waals surface area contributed by atoms with Crippen LogP contribution in [-0.4, -0.2) is 60.9 Å². The van der Waals surface area contributed by atoms with Crippen molar-refractivity contribution in [2.24, 2.45) is 5.41 Å². The van der Waals surface area contributed by atoms with Gasteiger partial charge in [-0.2, -0.15) is 32.5 Å². The van der Waals surface area contributed by atoms with Crippen molar-refractivity contribution in [1.82, 2.24) is 34.1 Å². The lowest BCUT2D eigenvalue weighted by Crippen LogP contribution is -2.50. The average Bonchev–Trinajstić information content (AvgIpc) is 3.61. The minimum absolute atomic E-state index is 0.0748. The standard InChI is InChI=1S/C31H29F4N7O3S/c1-2-40(46(44,45)28-18-38-42(39-28)24-10-11-24)25-7-3-20-13-27-19(16-37-41(27)23-8-5-22(32)6-9-23)14-30(20,15-25)29(43)26-12-4-21(17-36-26)31(33,34)35/h4-6,8-9,12-13,16-18,24-25H,2-3,7,10-11,14-15H2,1H3/t25-,30-/m0/s1. The van der Waals surface area contributed by atoms with Crippen molar-refractivity contribution in [2.75, 3.05) is 6.54 Å². The highest BCUT2D eigenvalue weighted by molar-refractivity contribution is 7.89. The zero-order valence-corrected chi connectivity index (χ0v) is 25.5. The van der Waals surface area contributed by atoms with Gasteiger partial charge in [0.15, 0.2) is 5.78 Å². The van der Waals surface area contributed by atoms with Crippen molar-refractivity contribution in [2.45, 2.75) is 68.7 Å². The fourth-order valence-electron chi connectivity index (χ4n) is 6.66. The van der Waals surface area contributed by atoms with Gasteiger partial charge < -0.3 is 0 Å². The molecule has 4 aromatic rings. The molecule has 0 unspecified atom stereocenters. The van der Waals surface area contributed by atoms with Crippen LogP contribution in [0.3, 0.4) is 0 Å². The number of rotatable bonds is 8. The van der Waals surface area contributed by atoms with E-state index in [9.17, 15) is 30.8 Å². The smallest absolute Gasteiger partial charge is 0.291 e. The van der Waals surface area contributed by atoms with Gasteiger partial charge in [0, 0.05) is 18.8 Å². The first-order chi connectivity index (χ1) is 21.9. The number of halogens is 4. The number of alkyl halides is 3. The van der Waals surface area contributed by atoms with E-state index in [1.54, 1.807) is 29.9 Å². The van der Waals surface area contributed by atoms with E-state index in [1.807, 2.05) is 6.08 Å². The number of ketones is 1. The Morgan fingerprint density at radius 2 is 1.80 bits per heavy atom. The van der Waals surface area contributed by atoms with E-state index in [2.05, 4.69) is 20.3 Å². The molecular formula is C31H29F4N7O3S. The molecule has 0 bridgehead atoms. The van der Waals surface area contributed by atoms with E-state index in [0.717, 1.165) is 25.0 Å². The van der Waals surface area contributed by atoms with Crippen LogP contribution >= 0.6 is 0 Å². The molecule has 3 aromatic heterocycles. The molecule has 0 amide bonds. The summed E-state index contributed by atoms with van der Waals surface area (Å²) in [7, 11) is -4.09. The number of hydrogen-bond donors (Lipinski definition) is 0. The fraction of sp³-hybridized carbons (Fsp3) is 0.387. The molecule has 2 saturated carbocycles. The summed E-state index contributed by atoms with van der Waals surface area (Å²) in [5, 5.41) is 12.7. The van der Waals surface area contributed by atoms with E-state index in [4.69, 9.17) is 0 Å². The number of pyridine rings is 1. The highest BCUT2D eigenvalue weighted by atomic mass is 32.2. The van der Waals surface area contributed by atoms with Crippen molar-refractivity contribution in [1.29, 1.82) is 0 Å². The molecule has 46 heavy (non-hydrogen) atoms. The third-order valence-electron chi connectivity index (χ3n) is 9.12. The van der Waals surface area contributed by atoms with Crippen molar-refractivity contribution >= 4 is 21.9 Å². The van der Waals surface area contributed by atoms with Crippen LogP contribution in [0.25, 0.3) is 11.8 Å². The summed E-state index contributed by atoms with van der Waals surface area (Å²) in [6, 6.07) is 7.17. The Labute approximate surface area is 261 Å². The van der Waals surface area contributed by atoms with Crippen LogP contribution in [0.5, 0.6) is 0 Å². The van der Waals surface area contributed by atoms with E-state index < -0.39 is 44.8 Å². The quantitative estimate of drug-likeness (QED) is 0.184. The molecule has 0 aliphatic heterocycles. The maximum absolute atomic E-state index is 14.5. The number of hydrogen-bond acceptors (Lipinski definition) is 7. The maximum atomic E-state index is 14.5. The van der Waals surface area contributed by atoms with E-state index in [0.29, 0.717) is 41.6 Å². The largest absolute Gasteiger partial charge is 0.417 e. The lowest BCUT2D eigenvalue weighted by atomic mass is 9.60. The molecule has 10 nitrogen and oxygen atoms in total. The molecule has 0 N–H and O–H groups in total. The van der Waals surface area contributed by atoms with E-state index in [1.165, 1.54) is 27.4 Å². The lowest BCUT2D eigenvalue weighted by Gasteiger charge is -2.46. The van der Waals surface area contributed by atoms with Gasteiger partial charge in [0.2, 0.25) is 5.03 Å². The third-order valence-corrected chi connectivity index (χ3v) is 11.0. The zero-order chi connectivity index (χ0) is 32.4. The molecule has 2 fully saturated rings. The van der Waals surface area contributed by atoms with Crippen molar-refractivity contribution < 1.29 is 30.8 Å². The third kappa shape index (κ3) is 5.14. The Morgan fingerprint density at radius 3 is 2.46 bits per heavy atom. The molecule has 7 rings (SSSR count). The van der Waals surface area contributed by atoms with Crippen molar-refractivity contribution in [3.05, 3.63) is 88.9 Å². The first kappa shape index (κ1) is 30.4. The second-order valence-corrected chi connectivity index (χ2v) is 13.8. The predicted molar refractivity (Wildman–Crippen MR) is 157 cm³/mol. The number of Topliss-reactive ketones (excluding diaryl/α,β-unsaturated/α-hetero) is 1. The highest BCUT2D eigenvalue weighted by Gasteiger charge is 2.52. The summed E-state index contributed by atoms with van der Waals surface area (Å²) >= 11 is 0. The number of benzene rings is 1. The average molecular weight is 656 g/mol. The van der Waals surface area contributed by atoms with Gasteiger partial charge in [0.25, 0.3) is 10.0 Å². The number of carbonyl (C=O) groups is 1. The number of fused-ring (bicyclic) bond motifs is 2. The summed E-state index contributed by atoms with van der Waals surface area (Å²) < 4.78 is 84.3. The van der Waals surface area contributed by atoms with Crippen LogP contribution in [0, 0.1) is 11.2 Å². The number of aromatic nitrogens is 6. The van der Waals surface area contributed by atoms with Crippen LogP contribution in [0.15, 0.2) is 65.6 Å². The SMILES string of the molecule is CCN([C@H]1CCC2=Cc3c(cnn3-c3ccc(F)cc3)C[C@]2(C(=O)c2ccc(C(F)(F)F)cn2)C1)S(=O)(=O)c1cnn(C2CC2)n1. The first-order valence-electron chi connectivity index (χ1n) is 15.0. The summed E-state index contributed by atoms with van der Waals surface area (Å²) in [6.45, 7) is 1.82. The summed E-state index contributed by atoms with van der Waals surface area (Å²) in [4.78, 5) is 19.8. The van der Waals surface area contributed by atoms with Crippen LogP contribution < -0.4 is 0 Å². The van der Waals surface area contributed by atoms with Crippen molar-refractivity contribution in [3.63, 3.8) is 0 Å². The van der Waals surface area contributed by atoms with Gasteiger partial charge >= 0.3 is 6.18 Å². The molecule has 0 radical (unpaired) electrons. The summed E-state index contributed by atoms with van der Waals surface area (Å²) in [5.74, 6) is -0.897. The predicted octanol–water partition coefficient (Wildman–Crippen LogP) is 5.42. The monoisotopic (exact) mass is 655 g/mol. The Balaban J connectivity index is 1.28. The Hall–Kier alpha value is -4.24. The molecule has 2 atom stereocenters. The molecule has 0 saturated heterocycles. The maximum Gasteiger partial charge on any atom is 0.417 e. The Bertz CT molecular complexity index is 1950. The van der Waals surface area contributed by atoms with Gasteiger partial charge in [-0.3, -0.25) is 9.78 Å². The van der Waals surface area contributed by atoms with Crippen LogP contribution in [0.1, 0.15) is 72.4 Å². The number of allylic oxidation sites excluding steroid dienone is 1. The van der Waals surface area contributed by atoms with Gasteiger partial charge in [-0.25, -0.2) is 17.5 Å². The topological polar surface area (TPSA) is 116 Å². The zero-order valence-electron chi connectivity index (χ0n) is 24.7. The van der Waals surface area contributed by atoms with E-state index in [-0.39, 0.29) is 36.1 Å². The Morgan fingerprint density at radius 1 is 1.04 bits per heavy atom. The van der Waals surface area contributed by atoms with E-state index >= 15 is 0 Å². The molecule has 3 heterocycles. The van der Waals surface area contributed by atoms with Gasteiger partial charge in [0.1, 0.15) is 11.5 Å². The minimum atomic E-state index is -4.63. The number of carbonyl (C=O) groups excluding carboxylic acids is 1. The first-order valence-corrected chi connectivity index (χ1v) is 16.4. The number of sulfonamides is 1. The van der Waals surface area contributed by atoms with Gasteiger partial charge in [-0.1, -0.05) is 12.5 Å². The van der Waals surface area contributed by atoms with Gasteiger partial charge in [-0.15, -0.1) is 5.10 Å². The van der Waals surface area contributed by atoms with Gasteiger partial charge in [0.05, 0.1) is 40.8 Å². The molecular weight excluding hydrogens is 626 g/mol. The lowest BCUT2D eigenvalue weighted by molar-refractivity contribution is -0.137. The molecule has 3 aliphatic carbocycles. The fourth-order valence-corrected chi connectivity index (χ4v) is 8.18. The molecule has 1 aromatic carbocycles. The molecule has 0 spiro atoms. The molecule has 3 aliphatic rings. The molecule has 240 valence electrons.